The molecule has 1 amide bonds. The number of hydrogen-bond acceptors (Lipinski definition) is 4. The van der Waals surface area contributed by atoms with Crippen LogP contribution in [0.4, 0.5) is 8.78 Å². The molecule has 0 radical (unpaired) electrons. The molecule has 0 atom stereocenters. The Morgan fingerprint density at radius 3 is 2.60 bits per heavy atom. The quantitative estimate of drug-likeness (QED) is 0.866. The van der Waals surface area contributed by atoms with Gasteiger partial charge in [-0.05, 0) is 42.3 Å². The number of carbonyl (C=O) groups excluding carboxylic acids is 1. The number of halogens is 2. The van der Waals surface area contributed by atoms with Crippen molar-refractivity contribution in [2.75, 3.05) is 13.7 Å². The van der Waals surface area contributed by atoms with E-state index < -0.39 is 6.61 Å². The van der Waals surface area contributed by atoms with E-state index in [1.165, 1.54) is 13.2 Å². The number of hydrogen-bond donors (Lipinski definition) is 1. The van der Waals surface area contributed by atoms with Crippen LogP contribution in [0, 0.1) is 0 Å². The van der Waals surface area contributed by atoms with Crippen LogP contribution >= 0.6 is 0 Å². The molecule has 0 unspecified atom stereocenters. The summed E-state index contributed by atoms with van der Waals surface area (Å²) in [5.74, 6) is 0.224. The summed E-state index contributed by atoms with van der Waals surface area (Å²) < 4.78 is 40.6. The molecule has 25 heavy (non-hydrogen) atoms. The van der Waals surface area contributed by atoms with Gasteiger partial charge in [-0.2, -0.15) is 8.78 Å². The summed E-state index contributed by atoms with van der Waals surface area (Å²) in [6.07, 6.45) is 0. The highest BCUT2D eigenvalue weighted by Gasteiger charge is 2.23. The molecule has 2 aromatic carbocycles. The number of rotatable bonds is 6. The lowest BCUT2D eigenvalue weighted by molar-refractivity contribution is -0.0513. The normalized spacial score (nSPS) is 12.8. The molecular formula is C18H17F2NO4. The van der Waals surface area contributed by atoms with E-state index in [-0.39, 0.29) is 17.4 Å². The largest absolute Gasteiger partial charge is 0.490 e. The lowest BCUT2D eigenvalue weighted by atomic mass is 9.99. The summed E-state index contributed by atoms with van der Waals surface area (Å²) in [5.41, 5.74) is 2.96. The van der Waals surface area contributed by atoms with Crippen LogP contribution in [0.25, 0.3) is 11.1 Å². The zero-order valence-corrected chi connectivity index (χ0v) is 13.8. The molecule has 1 aliphatic rings. The Morgan fingerprint density at radius 2 is 1.92 bits per heavy atom. The molecule has 0 saturated carbocycles. The summed E-state index contributed by atoms with van der Waals surface area (Å²) in [6.45, 7) is -0.400. The first-order chi connectivity index (χ1) is 12.0. The summed E-state index contributed by atoms with van der Waals surface area (Å²) in [5, 5.41) is 2.76. The fourth-order valence-electron chi connectivity index (χ4n) is 2.84. The van der Waals surface area contributed by atoms with E-state index in [0.29, 0.717) is 30.0 Å². The molecule has 5 nitrogen and oxygen atoms in total. The van der Waals surface area contributed by atoms with Crippen LogP contribution in [0.1, 0.15) is 22.8 Å². The second-order valence-electron chi connectivity index (χ2n) is 5.34. The number of fused-ring (bicyclic) bond motifs is 1. The van der Waals surface area contributed by atoms with E-state index in [2.05, 4.69) is 10.1 Å². The Labute approximate surface area is 143 Å². The first kappa shape index (κ1) is 17.0. The van der Waals surface area contributed by atoms with Crippen molar-refractivity contribution in [3.63, 3.8) is 0 Å². The second-order valence-corrected chi connectivity index (χ2v) is 5.34. The van der Waals surface area contributed by atoms with E-state index in [0.717, 1.165) is 11.1 Å². The Hall–Kier alpha value is -2.83. The van der Waals surface area contributed by atoms with Crippen molar-refractivity contribution in [2.24, 2.45) is 0 Å². The minimum Gasteiger partial charge on any atom is -0.490 e. The molecule has 0 aromatic heterocycles. The summed E-state index contributed by atoms with van der Waals surface area (Å²) in [6, 6.07) is 8.45. The summed E-state index contributed by atoms with van der Waals surface area (Å²) in [7, 11) is 1.37. The number of amides is 1. The third kappa shape index (κ3) is 3.22. The van der Waals surface area contributed by atoms with Crippen LogP contribution in [-0.4, -0.2) is 26.2 Å². The van der Waals surface area contributed by atoms with Gasteiger partial charge in [0.05, 0.1) is 13.7 Å². The van der Waals surface area contributed by atoms with Gasteiger partial charge in [0.15, 0.2) is 11.5 Å². The number of alkyl halides is 2. The van der Waals surface area contributed by atoms with Crippen molar-refractivity contribution in [1.29, 1.82) is 0 Å². The van der Waals surface area contributed by atoms with E-state index in [9.17, 15) is 13.6 Å². The average molecular weight is 349 g/mol. The minimum absolute atomic E-state index is 0.0947. The van der Waals surface area contributed by atoms with E-state index in [1.807, 2.05) is 6.07 Å². The number of benzene rings is 2. The monoisotopic (exact) mass is 349 g/mol. The first-order valence-electron chi connectivity index (χ1n) is 7.75. The first-order valence-corrected chi connectivity index (χ1v) is 7.75. The zero-order chi connectivity index (χ0) is 18.0. The molecule has 132 valence electrons. The van der Waals surface area contributed by atoms with Gasteiger partial charge in [0.1, 0.15) is 0 Å². The summed E-state index contributed by atoms with van der Waals surface area (Å²) >= 11 is 0. The highest BCUT2D eigenvalue weighted by atomic mass is 19.3. The molecule has 1 heterocycles. The van der Waals surface area contributed by atoms with Crippen molar-refractivity contribution in [1.82, 2.24) is 5.32 Å². The Kier molecular flexibility index (Phi) is 4.74. The van der Waals surface area contributed by atoms with Crippen molar-refractivity contribution in [2.45, 2.75) is 20.1 Å². The fraction of sp³-hybridized carbons (Fsp3) is 0.278. The Bertz CT molecular complexity index is 808. The molecule has 0 aliphatic carbocycles. The number of ether oxygens (including phenoxy) is 3. The lowest BCUT2D eigenvalue weighted by Gasteiger charge is -2.18. The SMILES string of the molecule is CCOc1c(-c2ccc3c(c2)CNC3=O)ccc(OC(F)F)c1OC. The molecule has 7 heteroatoms. The third-order valence-corrected chi connectivity index (χ3v) is 3.89. The van der Waals surface area contributed by atoms with Crippen molar-refractivity contribution in [3.8, 4) is 28.4 Å². The van der Waals surface area contributed by atoms with Gasteiger partial charge in [-0.1, -0.05) is 6.07 Å². The maximum absolute atomic E-state index is 12.6. The van der Waals surface area contributed by atoms with Crippen LogP contribution in [-0.2, 0) is 6.54 Å². The minimum atomic E-state index is -2.97. The van der Waals surface area contributed by atoms with E-state index in [1.54, 1.807) is 25.1 Å². The lowest BCUT2D eigenvalue weighted by Crippen LogP contribution is -2.12. The molecule has 0 bridgehead atoms. The van der Waals surface area contributed by atoms with Gasteiger partial charge in [0, 0.05) is 17.7 Å². The van der Waals surface area contributed by atoms with Gasteiger partial charge in [-0.3, -0.25) is 4.79 Å². The smallest absolute Gasteiger partial charge is 0.387 e. The van der Waals surface area contributed by atoms with Gasteiger partial charge < -0.3 is 19.5 Å². The van der Waals surface area contributed by atoms with Gasteiger partial charge in [0.2, 0.25) is 5.75 Å². The molecular weight excluding hydrogens is 332 g/mol. The summed E-state index contributed by atoms with van der Waals surface area (Å²) in [4.78, 5) is 11.7. The van der Waals surface area contributed by atoms with Crippen LogP contribution in [0.2, 0.25) is 0 Å². The number of carbonyl (C=O) groups is 1. The molecule has 3 rings (SSSR count). The zero-order valence-electron chi connectivity index (χ0n) is 13.8. The maximum atomic E-state index is 12.6. The molecule has 0 spiro atoms. The second kappa shape index (κ2) is 6.96. The highest BCUT2D eigenvalue weighted by molar-refractivity contribution is 5.99. The highest BCUT2D eigenvalue weighted by Crippen LogP contribution is 2.45. The van der Waals surface area contributed by atoms with Gasteiger partial charge in [-0.15, -0.1) is 0 Å². The standard InChI is InChI=1S/C18H17F2NO4/c1-3-24-15-12(6-7-14(16(15)23-2)25-18(19)20)10-4-5-13-11(8-10)9-21-17(13)22/h4-8,18H,3,9H2,1-2H3,(H,21,22). The van der Waals surface area contributed by atoms with Crippen LogP contribution in [0.5, 0.6) is 17.2 Å². The fourth-order valence-corrected chi connectivity index (χ4v) is 2.84. The number of nitrogens with one attached hydrogen (secondary N) is 1. The molecule has 0 saturated heterocycles. The van der Waals surface area contributed by atoms with Crippen molar-refractivity contribution in [3.05, 3.63) is 41.5 Å². The maximum Gasteiger partial charge on any atom is 0.387 e. The van der Waals surface area contributed by atoms with Crippen molar-refractivity contribution >= 4 is 5.91 Å². The van der Waals surface area contributed by atoms with Crippen LogP contribution in [0.3, 0.4) is 0 Å². The van der Waals surface area contributed by atoms with E-state index >= 15 is 0 Å². The number of methoxy groups -OCH3 is 1. The molecule has 0 fully saturated rings. The predicted octanol–water partition coefficient (Wildman–Crippen LogP) is 3.61. The van der Waals surface area contributed by atoms with Gasteiger partial charge >= 0.3 is 6.61 Å². The average Bonchev–Trinajstić information content (AvgIpc) is 2.95. The van der Waals surface area contributed by atoms with Crippen molar-refractivity contribution < 1.29 is 27.8 Å². The Balaban J connectivity index is 2.11. The third-order valence-electron chi connectivity index (χ3n) is 3.89. The van der Waals surface area contributed by atoms with E-state index in [4.69, 9.17) is 9.47 Å². The topological polar surface area (TPSA) is 56.8 Å². The van der Waals surface area contributed by atoms with Crippen LogP contribution in [0.15, 0.2) is 30.3 Å². The van der Waals surface area contributed by atoms with Crippen LogP contribution < -0.4 is 19.5 Å². The van der Waals surface area contributed by atoms with Gasteiger partial charge in [-0.25, -0.2) is 0 Å². The Morgan fingerprint density at radius 1 is 1.16 bits per heavy atom. The molecule has 1 aliphatic heterocycles. The van der Waals surface area contributed by atoms with Gasteiger partial charge in [0.25, 0.3) is 5.91 Å². The molecule has 1 N–H and O–H groups in total. The molecule has 2 aromatic rings. The predicted molar refractivity (Wildman–Crippen MR) is 87.4 cm³/mol.